The van der Waals surface area contributed by atoms with Gasteiger partial charge in [-0.25, -0.2) is 17.7 Å². The Kier molecular flexibility index (Phi) is 7.78. The van der Waals surface area contributed by atoms with E-state index < -0.39 is 60.0 Å². The molecule has 4 rings (SSSR count). The SMILES string of the molecule is FC(F)(F)c1cc[c]([Al-]([c]2ccc(C(F)(F)F)cc2)([c]2ccc(C(F)(F)F)cc2)[c]2ccc(C(F)(F)F)cc2)cc1. The lowest BCUT2D eigenvalue weighted by atomic mass is 10.2. The zero-order chi connectivity index (χ0) is 30.4. The van der Waals surface area contributed by atoms with Crippen molar-refractivity contribution in [2.24, 2.45) is 0 Å². The van der Waals surface area contributed by atoms with Gasteiger partial charge >= 0.3 is 24.7 Å². The van der Waals surface area contributed by atoms with Crippen molar-refractivity contribution in [3.05, 3.63) is 119 Å². The Labute approximate surface area is 227 Å². The lowest BCUT2D eigenvalue weighted by molar-refractivity contribution is -0.138. The first-order chi connectivity index (χ1) is 18.8. The molecule has 0 nitrogen and oxygen atoms in total. The van der Waals surface area contributed by atoms with E-state index in [4.69, 9.17) is 0 Å². The van der Waals surface area contributed by atoms with Gasteiger partial charge in [-0.1, -0.05) is 48.5 Å². The molecule has 0 atom stereocenters. The minimum absolute atomic E-state index is 0.116. The molecule has 0 amide bonds. The van der Waals surface area contributed by atoms with Gasteiger partial charge in [0.15, 0.2) is 0 Å². The zero-order valence-electron chi connectivity index (χ0n) is 20.4. The van der Waals surface area contributed by atoms with Crippen LogP contribution in [0.4, 0.5) is 52.7 Å². The average Bonchev–Trinajstić information content (AvgIpc) is 2.88. The molecule has 0 aliphatic carbocycles. The zero-order valence-corrected chi connectivity index (χ0v) is 21.5. The molecule has 0 heterocycles. The van der Waals surface area contributed by atoms with E-state index in [9.17, 15) is 52.7 Å². The van der Waals surface area contributed by atoms with Crippen molar-refractivity contribution in [3.8, 4) is 0 Å². The molecular formula is C28H16AlF12-. The summed E-state index contributed by atoms with van der Waals surface area (Å²) >= 11 is -4.53. The van der Waals surface area contributed by atoms with Crippen molar-refractivity contribution in [2.75, 3.05) is 0 Å². The Bertz CT molecular complexity index is 1240. The Hall–Kier alpha value is -3.43. The Balaban J connectivity index is 2.09. The Morgan fingerprint density at radius 1 is 0.268 bits per heavy atom. The van der Waals surface area contributed by atoms with Crippen LogP contribution in [0.2, 0.25) is 0 Å². The first-order valence-corrected chi connectivity index (χ1v) is 14.0. The first kappa shape index (κ1) is 30.5. The second kappa shape index (κ2) is 10.4. The molecule has 216 valence electrons. The Morgan fingerprint density at radius 3 is 0.537 bits per heavy atom. The van der Waals surface area contributed by atoms with E-state index in [1.807, 2.05) is 0 Å². The molecule has 4 aromatic carbocycles. The normalized spacial score (nSPS) is 13.4. The molecule has 0 aliphatic heterocycles. The van der Waals surface area contributed by atoms with Crippen LogP contribution in [0.5, 0.6) is 0 Å². The summed E-state index contributed by atoms with van der Waals surface area (Å²) in [6.07, 6.45) is -19.0. The molecule has 13 heteroatoms. The maximum atomic E-state index is 13.3. The second-order valence-electron chi connectivity index (χ2n) is 9.35. The molecule has 0 fully saturated rings. The lowest BCUT2D eigenvalue weighted by Gasteiger charge is -2.41. The van der Waals surface area contributed by atoms with Crippen LogP contribution in [-0.2, 0) is 24.7 Å². The standard InChI is InChI=1S/4C7H4F3.Al/c4*8-7(9,10)6-4-2-1-3-5-6;/h4*2-5H;/q;;;;-1. The van der Waals surface area contributed by atoms with E-state index >= 15 is 0 Å². The smallest absolute Gasteiger partial charge is 0.218 e. The lowest BCUT2D eigenvalue weighted by Crippen LogP contribution is -2.74. The highest BCUT2D eigenvalue weighted by Crippen LogP contribution is 2.32. The van der Waals surface area contributed by atoms with Gasteiger partial charge in [0.2, 0.25) is 0 Å². The fraction of sp³-hybridized carbons (Fsp3) is 0.143. The molecule has 0 aromatic heterocycles. The fourth-order valence-corrected chi connectivity index (χ4v) is 10.4. The summed E-state index contributed by atoms with van der Waals surface area (Å²) in [5.74, 6) is 0. The molecule has 4 aromatic rings. The molecule has 41 heavy (non-hydrogen) atoms. The molecule has 0 radical (unpaired) electrons. The third-order valence-corrected chi connectivity index (χ3v) is 12.5. The highest BCUT2D eigenvalue weighted by atomic mass is 27.2. The van der Waals surface area contributed by atoms with E-state index in [-0.39, 0.29) is 17.7 Å². The van der Waals surface area contributed by atoms with Gasteiger partial charge in [0.1, 0.15) is 0 Å². The number of hydrogen-bond acceptors (Lipinski definition) is 0. The number of halogens is 12. The van der Waals surface area contributed by atoms with Crippen molar-refractivity contribution >= 4 is 30.8 Å². The molecule has 0 spiro atoms. The summed E-state index contributed by atoms with van der Waals surface area (Å²) in [5.41, 5.74) is -4.27. The van der Waals surface area contributed by atoms with Gasteiger partial charge in [-0.15, -0.1) is 48.5 Å². The third kappa shape index (κ3) is 6.11. The van der Waals surface area contributed by atoms with Crippen molar-refractivity contribution in [3.63, 3.8) is 0 Å². The molecule has 0 aliphatic rings. The Morgan fingerprint density at radius 2 is 0.415 bits per heavy atom. The van der Waals surface area contributed by atoms with Crippen LogP contribution in [0.1, 0.15) is 22.3 Å². The van der Waals surface area contributed by atoms with Crippen LogP contribution in [0.3, 0.4) is 0 Å². The predicted octanol–water partition coefficient (Wildman–Crippen LogP) is 7.14. The summed E-state index contributed by atoms with van der Waals surface area (Å²) in [6, 6.07) is 14.1. The van der Waals surface area contributed by atoms with Gasteiger partial charge in [0, 0.05) is 0 Å². The number of benzene rings is 4. The molecular weight excluding hydrogens is 591 g/mol. The highest BCUT2D eigenvalue weighted by Gasteiger charge is 2.40. The van der Waals surface area contributed by atoms with Crippen LogP contribution < -0.4 is 17.7 Å². The molecule has 0 saturated heterocycles. The minimum Gasteiger partial charge on any atom is -0.218 e. The van der Waals surface area contributed by atoms with Gasteiger partial charge in [0.05, 0.1) is 22.3 Å². The van der Waals surface area contributed by atoms with Gasteiger partial charge < -0.3 is 0 Å². The maximum Gasteiger partial charge on any atom is 0.416 e. The molecule has 0 unspecified atom stereocenters. The minimum atomic E-state index is -4.76. The highest BCUT2D eigenvalue weighted by molar-refractivity contribution is 7.19. The van der Waals surface area contributed by atoms with Gasteiger partial charge in [-0.3, -0.25) is 0 Å². The van der Waals surface area contributed by atoms with Crippen LogP contribution in [0.15, 0.2) is 97.1 Å². The van der Waals surface area contributed by atoms with E-state index in [0.29, 0.717) is 48.5 Å². The largest absolute Gasteiger partial charge is 0.416 e. The summed E-state index contributed by atoms with van der Waals surface area (Å²) in [5, 5.41) is 0. The van der Waals surface area contributed by atoms with Crippen molar-refractivity contribution in [2.45, 2.75) is 24.7 Å². The first-order valence-electron chi connectivity index (χ1n) is 11.7. The predicted molar refractivity (Wildman–Crippen MR) is 130 cm³/mol. The van der Waals surface area contributed by atoms with E-state index in [1.54, 1.807) is 0 Å². The summed E-state index contributed by atoms with van der Waals surface area (Å²) in [4.78, 5) is 0. The van der Waals surface area contributed by atoms with Crippen LogP contribution in [-0.4, -0.2) is 13.1 Å². The van der Waals surface area contributed by atoms with Gasteiger partial charge in [0.25, 0.3) is 13.1 Å². The van der Waals surface area contributed by atoms with Crippen molar-refractivity contribution in [1.29, 1.82) is 0 Å². The molecule has 0 saturated carbocycles. The summed E-state index contributed by atoms with van der Waals surface area (Å²) in [7, 11) is 0. The fourth-order valence-electron chi connectivity index (χ4n) is 5.00. The average molecular weight is 607 g/mol. The van der Waals surface area contributed by atoms with Crippen molar-refractivity contribution < 1.29 is 52.7 Å². The van der Waals surface area contributed by atoms with E-state index in [1.165, 1.54) is 0 Å². The third-order valence-electron chi connectivity index (χ3n) is 6.95. The monoisotopic (exact) mass is 607 g/mol. The van der Waals surface area contributed by atoms with Crippen LogP contribution >= 0.6 is 0 Å². The number of hydrogen-bond donors (Lipinski definition) is 0. The van der Waals surface area contributed by atoms with E-state index in [2.05, 4.69) is 0 Å². The summed E-state index contributed by atoms with van der Waals surface area (Å²) in [6.45, 7) is 0. The van der Waals surface area contributed by atoms with Crippen molar-refractivity contribution in [1.82, 2.24) is 0 Å². The van der Waals surface area contributed by atoms with Gasteiger partial charge in [-0.05, 0) is 0 Å². The maximum absolute atomic E-state index is 13.3. The number of alkyl halides is 12. The van der Waals surface area contributed by atoms with Gasteiger partial charge in [-0.2, -0.15) is 52.7 Å². The van der Waals surface area contributed by atoms with Crippen LogP contribution in [0, 0.1) is 0 Å². The molecule has 0 N–H and O–H groups in total. The molecule has 0 bridgehead atoms. The van der Waals surface area contributed by atoms with Crippen LogP contribution in [0.25, 0.3) is 0 Å². The second-order valence-corrected chi connectivity index (χ2v) is 13.7. The van der Waals surface area contributed by atoms with E-state index in [0.717, 1.165) is 48.5 Å². The number of rotatable bonds is 4. The topological polar surface area (TPSA) is 0 Å². The summed E-state index contributed by atoms with van der Waals surface area (Å²) < 4.78 is 161. The quantitative estimate of drug-likeness (QED) is 0.171.